The highest BCUT2D eigenvalue weighted by atomic mass is 16.6. The monoisotopic (exact) mass is 414 g/mol. The molecule has 0 unspecified atom stereocenters. The van der Waals surface area contributed by atoms with Crippen LogP contribution in [0.4, 0.5) is 0 Å². The minimum Gasteiger partial charge on any atom is -0.489 e. The second-order valence-corrected chi connectivity index (χ2v) is 7.71. The summed E-state index contributed by atoms with van der Waals surface area (Å²) in [5, 5.41) is 0.506. The van der Waals surface area contributed by atoms with Crippen LogP contribution in [0.2, 0.25) is 0 Å². The lowest BCUT2D eigenvalue weighted by molar-refractivity contribution is 0.171. The first-order chi connectivity index (χ1) is 15.1. The predicted molar refractivity (Wildman–Crippen MR) is 119 cm³/mol. The molecule has 0 bridgehead atoms. The first-order valence-electron chi connectivity index (χ1n) is 10.2. The number of benzene rings is 3. The normalized spacial score (nSPS) is 12.7. The van der Waals surface area contributed by atoms with Crippen LogP contribution in [-0.2, 0) is 6.61 Å². The number of hydrogen-bond acceptors (Lipinski definition) is 5. The van der Waals surface area contributed by atoms with Crippen molar-refractivity contribution in [1.29, 1.82) is 0 Å². The minimum atomic E-state index is -0.0981. The summed E-state index contributed by atoms with van der Waals surface area (Å²) in [6.07, 6.45) is 1.49. The van der Waals surface area contributed by atoms with Crippen molar-refractivity contribution < 1.29 is 18.6 Å². The molecule has 0 atom stereocenters. The number of rotatable bonds is 4. The topological polar surface area (TPSA) is 57.9 Å². The van der Waals surface area contributed by atoms with Crippen molar-refractivity contribution in [2.45, 2.75) is 20.5 Å². The van der Waals surface area contributed by atoms with Crippen molar-refractivity contribution in [3.8, 4) is 28.4 Å². The van der Waals surface area contributed by atoms with E-state index in [0.29, 0.717) is 53.6 Å². The maximum Gasteiger partial charge on any atom is 0.200 e. The average molecular weight is 414 g/mol. The lowest BCUT2D eigenvalue weighted by atomic mass is 10.0. The molecular formula is C26H22O5. The standard InChI is InChI=1S/C26H22O5/c1-16-3-4-17(2)19(11-16)14-30-20-6-7-21-24(13-20)31-15-22(26(21)27)18-5-8-23-25(12-18)29-10-9-28-23/h3-8,11-13,15H,9-10,14H2,1-2H3. The zero-order valence-corrected chi connectivity index (χ0v) is 17.4. The van der Waals surface area contributed by atoms with E-state index >= 15 is 0 Å². The van der Waals surface area contributed by atoms with Crippen LogP contribution in [0.3, 0.4) is 0 Å². The minimum absolute atomic E-state index is 0.0981. The fourth-order valence-electron chi connectivity index (χ4n) is 3.73. The summed E-state index contributed by atoms with van der Waals surface area (Å²) in [5.74, 6) is 1.98. The second kappa shape index (κ2) is 7.84. The second-order valence-electron chi connectivity index (χ2n) is 7.71. The smallest absolute Gasteiger partial charge is 0.200 e. The molecule has 1 aliphatic rings. The number of fused-ring (bicyclic) bond motifs is 2. The fraction of sp³-hybridized carbons (Fsp3) is 0.192. The van der Waals surface area contributed by atoms with Gasteiger partial charge in [-0.1, -0.05) is 29.8 Å². The zero-order valence-electron chi connectivity index (χ0n) is 17.4. The Morgan fingerprint density at radius 2 is 1.74 bits per heavy atom. The van der Waals surface area contributed by atoms with E-state index in [1.807, 2.05) is 18.2 Å². The van der Waals surface area contributed by atoms with Crippen molar-refractivity contribution in [3.05, 3.63) is 87.8 Å². The van der Waals surface area contributed by atoms with Gasteiger partial charge in [-0.3, -0.25) is 4.79 Å². The van der Waals surface area contributed by atoms with E-state index in [1.165, 1.54) is 17.4 Å². The Bertz CT molecular complexity index is 1340. The summed E-state index contributed by atoms with van der Waals surface area (Å²) in [5.41, 5.74) is 5.12. The molecule has 2 heterocycles. The van der Waals surface area contributed by atoms with Crippen molar-refractivity contribution >= 4 is 11.0 Å². The van der Waals surface area contributed by atoms with Crippen molar-refractivity contribution in [2.75, 3.05) is 13.2 Å². The molecule has 0 radical (unpaired) electrons. The van der Waals surface area contributed by atoms with Gasteiger partial charge in [0.25, 0.3) is 0 Å². The molecule has 3 aromatic carbocycles. The van der Waals surface area contributed by atoms with Crippen LogP contribution < -0.4 is 19.6 Å². The Balaban J connectivity index is 1.43. The molecule has 0 amide bonds. The highest BCUT2D eigenvalue weighted by molar-refractivity contribution is 5.83. The molecule has 156 valence electrons. The van der Waals surface area contributed by atoms with Gasteiger partial charge < -0.3 is 18.6 Å². The summed E-state index contributed by atoms with van der Waals surface area (Å²) in [6, 6.07) is 17.1. The molecule has 0 saturated carbocycles. The summed E-state index contributed by atoms with van der Waals surface area (Å²) in [4.78, 5) is 13.1. The van der Waals surface area contributed by atoms with Crippen LogP contribution >= 0.6 is 0 Å². The fourth-order valence-corrected chi connectivity index (χ4v) is 3.73. The number of hydrogen-bond donors (Lipinski definition) is 0. The average Bonchev–Trinajstić information content (AvgIpc) is 2.79. The van der Waals surface area contributed by atoms with E-state index in [4.69, 9.17) is 18.6 Å². The summed E-state index contributed by atoms with van der Waals surface area (Å²) in [7, 11) is 0. The van der Waals surface area contributed by atoms with Gasteiger partial charge in [-0.05, 0) is 54.8 Å². The Hall–Kier alpha value is -3.73. The summed E-state index contributed by atoms with van der Waals surface area (Å²) in [6.45, 7) is 5.61. The SMILES string of the molecule is Cc1ccc(C)c(COc2ccc3c(=O)c(-c4ccc5c(c4)OCCO5)coc3c2)c1. The Labute approximate surface area is 179 Å². The molecular weight excluding hydrogens is 392 g/mol. The molecule has 5 rings (SSSR count). The molecule has 4 aromatic rings. The number of ether oxygens (including phenoxy) is 3. The van der Waals surface area contributed by atoms with Gasteiger partial charge in [0.2, 0.25) is 0 Å². The third-order valence-corrected chi connectivity index (χ3v) is 5.50. The quantitative estimate of drug-likeness (QED) is 0.446. The van der Waals surface area contributed by atoms with Crippen molar-refractivity contribution in [3.63, 3.8) is 0 Å². The van der Waals surface area contributed by atoms with E-state index in [9.17, 15) is 4.79 Å². The van der Waals surface area contributed by atoms with Gasteiger partial charge >= 0.3 is 0 Å². The van der Waals surface area contributed by atoms with Gasteiger partial charge in [0.1, 0.15) is 37.4 Å². The lowest BCUT2D eigenvalue weighted by Crippen LogP contribution is -2.15. The van der Waals surface area contributed by atoms with Gasteiger partial charge in [-0.25, -0.2) is 0 Å². The molecule has 0 fully saturated rings. The Morgan fingerprint density at radius 3 is 2.61 bits per heavy atom. The van der Waals surface area contributed by atoms with Crippen LogP contribution in [0.15, 0.2) is 70.1 Å². The van der Waals surface area contributed by atoms with Crippen molar-refractivity contribution in [2.24, 2.45) is 0 Å². The number of aryl methyl sites for hydroxylation is 2. The molecule has 0 N–H and O–H groups in total. The van der Waals surface area contributed by atoms with Crippen molar-refractivity contribution in [1.82, 2.24) is 0 Å². The predicted octanol–water partition coefficient (Wildman–Crippen LogP) is 5.43. The van der Waals surface area contributed by atoms with E-state index in [1.54, 1.807) is 18.2 Å². The van der Waals surface area contributed by atoms with Crippen LogP contribution in [-0.4, -0.2) is 13.2 Å². The summed E-state index contributed by atoms with van der Waals surface area (Å²) < 4.78 is 23.0. The Morgan fingerprint density at radius 1 is 0.903 bits per heavy atom. The van der Waals surface area contributed by atoms with E-state index < -0.39 is 0 Å². The zero-order chi connectivity index (χ0) is 21.4. The van der Waals surface area contributed by atoms with E-state index in [2.05, 4.69) is 32.0 Å². The van der Waals surface area contributed by atoms with Gasteiger partial charge in [-0.15, -0.1) is 0 Å². The van der Waals surface area contributed by atoms with Gasteiger partial charge in [0, 0.05) is 6.07 Å². The molecule has 5 nitrogen and oxygen atoms in total. The van der Waals surface area contributed by atoms with Gasteiger partial charge in [0.05, 0.1) is 10.9 Å². The lowest BCUT2D eigenvalue weighted by Gasteiger charge is -2.18. The molecule has 1 aromatic heterocycles. The molecule has 0 spiro atoms. The first kappa shape index (κ1) is 19.2. The first-order valence-corrected chi connectivity index (χ1v) is 10.2. The highest BCUT2D eigenvalue weighted by Crippen LogP contribution is 2.34. The maximum absolute atomic E-state index is 13.1. The van der Waals surface area contributed by atoms with Crippen LogP contribution in [0, 0.1) is 13.8 Å². The molecule has 1 aliphatic heterocycles. The molecule has 0 saturated heterocycles. The van der Waals surface area contributed by atoms with Crippen LogP contribution in [0.5, 0.6) is 17.2 Å². The third-order valence-electron chi connectivity index (χ3n) is 5.50. The van der Waals surface area contributed by atoms with Crippen LogP contribution in [0.1, 0.15) is 16.7 Å². The maximum atomic E-state index is 13.1. The largest absolute Gasteiger partial charge is 0.489 e. The molecule has 31 heavy (non-hydrogen) atoms. The third kappa shape index (κ3) is 3.75. The highest BCUT2D eigenvalue weighted by Gasteiger charge is 2.15. The van der Waals surface area contributed by atoms with E-state index in [0.717, 1.165) is 11.1 Å². The van der Waals surface area contributed by atoms with Gasteiger partial charge in [0.15, 0.2) is 16.9 Å². The summed E-state index contributed by atoms with van der Waals surface area (Å²) >= 11 is 0. The Kier molecular flexibility index (Phi) is 4.86. The molecule has 0 aliphatic carbocycles. The van der Waals surface area contributed by atoms with E-state index in [-0.39, 0.29) is 5.43 Å². The van der Waals surface area contributed by atoms with Gasteiger partial charge in [-0.2, -0.15) is 0 Å². The van der Waals surface area contributed by atoms with Crippen LogP contribution in [0.25, 0.3) is 22.1 Å². The molecule has 5 heteroatoms.